The molecule has 0 aliphatic heterocycles. The fraction of sp³-hybridized carbons (Fsp3) is 0. The highest BCUT2D eigenvalue weighted by atomic mass is 79.9. The Balaban J connectivity index is 1.88. The number of anilines is 2. The van der Waals surface area contributed by atoms with Crippen LogP contribution >= 0.6 is 27.3 Å². The van der Waals surface area contributed by atoms with Gasteiger partial charge in [0.1, 0.15) is 0 Å². The van der Waals surface area contributed by atoms with Crippen LogP contribution in [0.1, 0.15) is 10.4 Å². The molecule has 1 heterocycles. The topological polar surface area (TPSA) is 88.2 Å². The van der Waals surface area contributed by atoms with Gasteiger partial charge in [0.05, 0.1) is 16.1 Å². The number of sulfonamides is 1. The number of carbonyl (C=O) groups excluding carboxylic acids is 1. The van der Waals surface area contributed by atoms with E-state index in [-0.39, 0.29) is 16.1 Å². The molecule has 0 atom stereocenters. The highest BCUT2D eigenvalue weighted by molar-refractivity contribution is 9.10. The van der Waals surface area contributed by atoms with E-state index in [1.807, 2.05) is 0 Å². The van der Waals surface area contributed by atoms with Gasteiger partial charge in [-0.25, -0.2) is 13.4 Å². The number of carbonyl (C=O) groups is 1. The van der Waals surface area contributed by atoms with E-state index in [0.29, 0.717) is 5.13 Å². The lowest BCUT2D eigenvalue weighted by atomic mass is 10.2. The van der Waals surface area contributed by atoms with Gasteiger partial charge < -0.3 is 0 Å². The van der Waals surface area contributed by atoms with Crippen LogP contribution in [-0.4, -0.2) is 19.3 Å². The minimum atomic E-state index is -3.81. The maximum Gasteiger partial charge on any atom is 0.261 e. The van der Waals surface area contributed by atoms with Gasteiger partial charge >= 0.3 is 0 Å². The number of aromatic nitrogens is 1. The van der Waals surface area contributed by atoms with E-state index in [9.17, 15) is 13.2 Å². The lowest BCUT2D eigenvalue weighted by molar-refractivity contribution is 0.102. The minimum absolute atomic E-state index is 0.103. The first-order chi connectivity index (χ1) is 12.0. The quantitative estimate of drug-likeness (QED) is 0.631. The molecule has 3 rings (SSSR count). The van der Waals surface area contributed by atoms with Crippen molar-refractivity contribution in [3.05, 3.63) is 70.1 Å². The van der Waals surface area contributed by atoms with Crippen molar-refractivity contribution in [2.24, 2.45) is 0 Å². The summed E-state index contributed by atoms with van der Waals surface area (Å²) in [5, 5.41) is 4.81. The van der Waals surface area contributed by atoms with Crippen LogP contribution in [0.2, 0.25) is 0 Å². The Morgan fingerprint density at radius 1 is 1.08 bits per heavy atom. The van der Waals surface area contributed by atoms with Crippen LogP contribution in [0.5, 0.6) is 0 Å². The molecule has 0 aliphatic rings. The van der Waals surface area contributed by atoms with Crippen LogP contribution in [-0.2, 0) is 10.0 Å². The van der Waals surface area contributed by atoms with E-state index < -0.39 is 15.9 Å². The molecule has 0 bridgehead atoms. The predicted octanol–water partition coefficient (Wildman–Crippen LogP) is 3.96. The van der Waals surface area contributed by atoms with E-state index in [4.69, 9.17) is 0 Å². The van der Waals surface area contributed by atoms with Crippen LogP contribution in [0.4, 0.5) is 10.8 Å². The van der Waals surface area contributed by atoms with Gasteiger partial charge in [-0.15, -0.1) is 11.3 Å². The van der Waals surface area contributed by atoms with Gasteiger partial charge in [-0.05, 0) is 36.4 Å². The molecule has 25 heavy (non-hydrogen) atoms. The van der Waals surface area contributed by atoms with E-state index in [1.54, 1.807) is 41.9 Å². The van der Waals surface area contributed by atoms with Gasteiger partial charge in [-0.2, -0.15) is 0 Å². The van der Waals surface area contributed by atoms with Gasteiger partial charge in [0.15, 0.2) is 5.13 Å². The first kappa shape index (κ1) is 17.6. The van der Waals surface area contributed by atoms with E-state index in [0.717, 1.165) is 4.47 Å². The predicted molar refractivity (Wildman–Crippen MR) is 101 cm³/mol. The van der Waals surface area contributed by atoms with Gasteiger partial charge in [0, 0.05) is 16.0 Å². The average Bonchev–Trinajstić information content (AvgIpc) is 3.08. The van der Waals surface area contributed by atoms with Crippen molar-refractivity contribution >= 4 is 54.0 Å². The van der Waals surface area contributed by atoms with Crippen molar-refractivity contribution in [3.8, 4) is 0 Å². The zero-order valence-electron chi connectivity index (χ0n) is 12.6. The van der Waals surface area contributed by atoms with E-state index in [1.165, 1.54) is 29.5 Å². The first-order valence-electron chi connectivity index (χ1n) is 7.04. The number of rotatable bonds is 5. The molecule has 6 nitrogen and oxygen atoms in total. The molecule has 0 aliphatic carbocycles. The number of para-hydroxylation sites is 1. The number of thiazole rings is 1. The van der Waals surface area contributed by atoms with Crippen molar-refractivity contribution in [2.45, 2.75) is 4.90 Å². The summed E-state index contributed by atoms with van der Waals surface area (Å²) in [6.45, 7) is 0. The summed E-state index contributed by atoms with van der Waals surface area (Å²) in [5.41, 5.74) is 0.401. The fourth-order valence-electron chi connectivity index (χ4n) is 2.04. The first-order valence-corrected chi connectivity index (χ1v) is 10.2. The summed E-state index contributed by atoms with van der Waals surface area (Å²) in [7, 11) is -3.81. The fourth-order valence-corrected chi connectivity index (χ4v) is 3.91. The highest BCUT2D eigenvalue weighted by Crippen LogP contribution is 2.22. The Bertz CT molecular complexity index is 988. The van der Waals surface area contributed by atoms with Gasteiger partial charge in [0.25, 0.3) is 15.9 Å². The number of nitrogens with zero attached hydrogens (tertiary/aromatic N) is 1. The van der Waals surface area contributed by atoms with Gasteiger partial charge in [-0.1, -0.05) is 28.1 Å². The monoisotopic (exact) mass is 437 g/mol. The van der Waals surface area contributed by atoms with Crippen LogP contribution in [0.15, 0.2) is 69.5 Å². The van der Waals surface area contributed by atoms with E-state index >= 15 is 0 Å². The molecular formula is C16H12BrN3O3S2. The summed E-state index contributed by atoms with van der Waals surface area (Å²) in [6.07, 6.45) is 1.57. The number of halogens is 1. The second-order valence-corrected chi connectivity index (χ2v) is 8.39. The Hall–Kier alpha value is -2.23. The largest absolute Gasteiger partial charge is 0.298 e. The second-order valence-electron chi connectivity index (χ2n) is 4.90. The van der Waals surface area contributed by atoms with Crippen LogP contribution in [0.25, 0.3) is 0 Å². The molecule has 2 aromatic carbocycles. The molecule has 0 radical (unpaired) electrons. The third-order valence-electron chi connectivity index (χ3n) is 3.19. The third-order valence-corrected chi connectivity index (χ3v) is 5.79. The van der Waals surface area contributed by atoms with Gasteiger partial charge in [0.2, 0.25) is 0 Å². The molecule has 0 saturated heterocycles. The smallest absolute Gasteiger partial charge is 0.261 e. The lowest BCUT2D eigenvalue weighted by Crippen LogP contribution is -2.18. The van der Waals surface area contributed by atoms with Crippen molar-refractivity contribution in [1.29, 1.82) is 0 Å². The molecule has 0 fully saturated rings. The normalized spacial score (nSPS) is 11.1. The minimum Gasteiger partial charge on any atom is -0.298 e. The molecule has 0 saturated carbocycles. The molecule has 0 spiro atoms. The summed E-state index contributed by atoms with van der Waals surface area (Å²) in [6, 6.07) is 12.6. The number of hydrogen-bond donors (Lipinski definition) is 2. The van der Waals surface area contributed by atoms with Crippen molar-refractivity contribution in [3.63, 3.8) is 0 Å². The molecule has 128 valence electrons. The maximum atomic E-state index is 12.5. The van der Waals surface area contributed by atoms with Crippen LogP contribution < -0.4 is 10.0 Å². The zero-order valence-corrected chi connectivity index (χ0v) is 15.9. The lowest BCUT2D eigenvalue weighted by Gasteiger charge is -2.12. The van der Waals surface area contributed by atoms with Gasteiger partial charge in [-0.3, -0.25) is 14.8 Å². The Morgan fingerprint density at radius 3 is 2.48 bits per heavy atom. The van der Waals surface area contributed by atoms with Crippen LogP contribution in [0.3, 0.4) is 0 Å². The Kier molecular flexibility index (Phi) is 5.16. The summed E-state index contributed by atoms with van der Waals surface area (Å²) >= 11 is 4.54. The summed E-state index contributed by atoms with van der Waals surface area (Å²) in [5.74, 6) is -0.441. The molecule has 0 unspecified atom stereocenters. The Morgan fingerprint density at radius 2 is 1.80 bits per heavy atom. The standard InChI is InChI=1S/C16H12BrN3O3S2/c17-11-5-7-12(8-6-11)25(22,23)20-14-4-2-1-3-13(14)15(21)19-16-18-9-10-24-16/h1-10,20H,(H,18,19,21). The maximum absolute atomic E-state index is 12.5. The van der Waals surface area contributed by atoms with Crippen LogP contribution in [0, 0.1) is 0 Å². The molecule has 2 N–H and O–H groups in total. The average molecular weight is 438 g/mol. The Labute approximate surface area is 157 Å². The van der Waals surface area contributed by atoms with Crippen molar-refractivity contribution in [1.82, 2.24) is 4.98 Å². The third kappa shape index (κ3) is 4.25. The molecule has 1 aromatic heterocycles. The molecule has 3 aromatic rings. The number of amides is 1. The number of hydrogen-bond acceptors (Lipinski definition) is 5. The van der Waals surface area contributed by atoms with Crippen molar-refractivity contribution in [2.75, 3.05) is 10.0 Å². The van der Waals surface area contributed by atoms with E-state index in [2.05, 4.69) is 31.0 Å². The molecular weight excluding hydrogens is 426 g/mol. The second kappa shape index (κ2) is 7.34. The SMILES string of the molecule is O=C(Nc1nccs1)c1ccccc1NS(=O)(=O)c1ccc(Br)cc1. The highest BCUT2D eigenvalue weighted by Gasteiger charge is 2.19. The number of nitrogens with one attached hydrogen (secondary N) is 2. The van der Waals surface area contributed by atoms with Crippen molar-refractivity contribution < 1.29 is 13.2 Å². The molecule has 9 heteroatoms. The summed E-state index contributed by atoms with van der Waals surface area (Å²) in [4.78, 5) is 16.5. The zero-order chi connectivity index (χ0) is 17.9. The molecule has 1 amide bonds. The summed E-state index contributed by atoms with van der Waals surface area (Å²) < 4.78 is 28.3. The number of benzene rings is 2.